The summed E-state index contributed by atoms with van der Waals surface area (Å²) in [6, 6.07) is 0. The number of rotatable bonds is 1. The summed E-state index contributed by atoms with van der Waals surface area (Å²) in [6.45, 7) is 1.62. The van der Waals surface area contributed by atoms with Crippen molar-refractivity contribution in [2.45, 2.75) is 18.9 Å². The molecule has 14 heavy (non-hydrogen) atoms. The first-order valence-corrected chi connectivity index (χ1v) is 5.17. The molecule has 2 rings (SSSR count). The van der Waals surface area contributed by atoms with Gasteiger partial charge in [-0.25, -0.2) is 0 Å². The molecule has 1 aliphatic heterocycles. The average Bonchev–Trinajstić information content (AvgIpc) is 1.99. The maximum absolute atomic E-state index is 11.1. The fraction of sp³-hybridized carbons (Fsp3) is 0.900. The van der Waals surface area contributed by atoms with Crippen LogP contribution in [-0.4, -0.2) is 47.3 Å². The van der Waals surface area contributed by atoms with Crippen molar-refractivity contribution >= 4 is 5.97 Å². The van der Waals surface area contributed by atoms with E-state index >= 15 is 0 Å². The first-order chi connectivity index (χ1) is 6.58. The van der Waals surface area contributed by atoms with Crippen molar-refractivity contribution in [1.82, 2.24) is 4.90 Å². The Hall–Kier alpha value is -0.610. The summed E-state index contributed by atoms with van der Waals surface area (Å²) in [6.07, 6.45) is 1.02. The van der Waals surface area contributed by atoms with Crippen LogP contribution in [0, 0.1) is 17.8 Å². The van der Waals surface area contributed by atoms with Gasteiger partial charge in [0.25, 0.3) is 0 Å². The van der Waals surface area contributed by atoms with Gasteiger partial charge in [-0.2, -0.15) is 0 Å². The summed E-state index contributed by atoms with van der Waals surface area (Å²) in [7, 11) is 2.02. The van der Waals surface area contributed by atoms with E-state index in [4.69, 9.17) is 5.11 Å². The molecule has 80 valence electrons. The lowest BCUT2D eigenvalue weighted by Gasteiger charge is -2.45. The second kappa shape index (κ2) is 3.51. The summed E-state index contributed by atoms with van der Waals surface area (Å²) in [5.74, 6) is -0.630. The fourth-order valence-corrected chi connectivity index (χ4v) is 3.13. The van der Waals surface area contributed by atoms with Gasteiger partial charge in [0, 0.05) is 13.1 Å². The quantitative estimate of drug-likeness (QED) is 0.625. The third-order valence-electron chi connectivity index (χ3n) is 3.54. The highest BCUT2D eigenvalue weighted by Crippen LogP contribution is 2.39. The Labute approximate surface area is 83.5 Å². The van der Waals surface area contributed by atoms with Crippen LogP contribution in [0.15, 0.2) is 0 Å². The topological polar surface area (TPSA) is 60.8 Å². The molecule has 2 fully saturated rings. The highest BCUT2D eigenvalue weighted by atomic mass is 16.4. The average molecular weight is 199 g/mol. The summed E-state index contributed by atoms with van der Waals surface area (Å²) in [4.78, 5) is 13.3. The molecule has 1 saturated heterocycles. The van der Waals surface area contributed by atoms with E-state index in [9.17, 15) is 9.90 Å². The van der Waals surface area contributed by atoms with Gasteiger partial charge in [0.05, 0.1) is 12.0 Å². The van der Waals surface area contributed by atoms with Crippen molar-refractivity contribution in [2.75, 3.05) is 20.1 Å². The van der Waals surface area contributed by atoms with E-state index in [2.05, 4.69) is 4.90 Å². The lowest BCUT2D eigenvalue weighted by molar-refractivity contribution is -0.153. The SMILES string of the molecule is CN1CC2CC(O)CC(C1)C2C(=O)O. The molecule has 1 aliphatic carbocycles. The molecular formula is C10H17NO3. The van der Waals surface area contributed by atoms with Gasteiger partial charge in [0.2, 0.25) is 0 Å². The first-order valence-electron chi connectivity index (χ1n) is 5.17. The van der Waals surface area contributed by atoms with Crippen LogP contribution in [-0.2, 0) is 4.79 Å². The number of carboxylic acids is 1. The van der Waals surface area contributed by atoms with Crippen molar-refractivity contribution in [3.8, 4) is 0 Å². The predicted octanol–water partition coefficient (Wildman–Crippen LogP) is 0.0197. The second-order valence-electron chi connectivity index (χ2n) is 4.73. The first kappa shape index (κ1) is 9.93. The van der Waals surface area contributed by atoms with Crippen LogP contribution in [0.2, 0.25) is 0 Å². The van der Waals surface area contributed by atoms with Crippen LogP contribution < -0.4 is 0 Å². The Bertz CT molecular complexity index is 214. The highest BCUT2D eigenvalue weighted by molar-refractivity contribution is 5.71. The minimum Gasteiger partial charge on any atom is -0.481 e. The molecule has 0 aromatic heterocycles. The van der Waals surface area contributed by atoms with E-state index in [1.165, 1.54) is 0 Å². The monoisotopic (exact) mass is 199 g/mol. The molecule has 2 atom stereocenters. The number of piperidine rings is 1. The van der Waals surface area contributed by atoms with E-state index in [0.29, 0.717) is 12.8 Å². The van der Waals surface area contributed by atoms with Gasteiger partial charge in [-0.1, -0.05) is 0 Å². The van der Waals surface area contributed by atoms with Crippen LogP contribution in [0.3, 0.4) is 0 Å². The third kappa shape index (κ3) is 1.64. The zero-order valence-corrected chi connectivity index (χ0v) is 8.39. The Morgan fingerprint density at radius 1 is 1.29 bits per heavy atom. The molecule has 0 aromatic rings. The van der Waals surface area contributed by atoms with E-state index < -0.39 is 5.97 Å². The largest absolute Gasteiger partial charge is 0.481 e. The number of likely N-dealkylation sites (tertiary alicyclic amines) is 1. The number of fused-ring (bicyclic) bond motifs is 2. The van der Waals surface area contributed by atoms with Crippen LogP contribution in [0.5, 0.6) is 0 Å². The molecule has 2 unspecified atom stereocenters. The van der Waals surface area contributed by atoms with Gasteiger partial charge in [0.1, 0.15) is 0 Å². The molecule has 2 N–H and O–H groups in total. The zero-order valence-electron chi connectivity index (χ0n) is 8.39. The van der Waals surface area contributed by atoms with E-state index in [1.54, 1.807) is 0 Å². The minimum absolute atomic E-state index is 0.139. The molecule has 4 nitrogen and oxygen atoms in total. The van der Waals surface area contributed by atoms with Gasteiger partial charge in [0.15, 0.2) is 0 Å². The molecule has 1 saturated carbocycles. The Morgan fingerprint density at radius 2 is 1.79 bits per heavy atom. The molecule has 0 radical (unpaired) electrons. The van der Waals surface area contributed by atoms with Crippen molar-refractivity contribution in [3.05, 3.63) is 0 Å². The number of carbonyl (C=O) groups is 1. The maximum atomic E-state index is 11.1. The van der Waals surface area contributed by atoms with E-state index in [0.717, 1.165) is 13.1 Å². The van der Waals surface area contributed by atoms with E-state index in [-0.39, 0.29) is 23.9 Å². The van der Waals surface area contributed by atoms with Gasteiger partial charge in [-0.3, -0.25) is 4.79 Å². The summed E-state index contributed by atoms with van der Waals surface area (Å²) in [5.41, 5.74) is 0. The molecule has 0 aromatic carbocycles. The van der Waals surface area contributed by atoms with Crippen molar-refractivity contribution in [3.63, 3.8) is 0 Å². The number of carboxylic acid groups (broad SMARTS) is 1. The Morgan fingerprint density at radius 3 is 2.21 bits per heavy atom. The zero-order chi connectivity index (χ0) is 10.3. The van der Waals surface area contributed by atoms with E-state index in [1.807, 2.05) is 7.05 Å². The summed E-state index contributed by atoms with van der Waals surface area (Å²) < 4.78 is 0. The van der Waals surface area contributed by atoms with Gasteiger partial charge in [-0.05, 0) is 31.7 Å². The molecule has 0 spiro atoms. The standard InChI is InChI=1S/C10H17NO3/c1-11-4-6-2-8(12)3-7(5-11)9(6)10(13)14/h6-9,12H,2-5H2,1H3,(H,13,14). The lowest BCUT2D eigenvalue weighted by atomic mass is 9.68. The molecule has 4 heteroatoms. The predicted molar refractivity (Wildman–Crippen MR) is 50.8 cm³/mol. The number of hydrogen-bond donors (Lipinski definition) is 2. The van der Waals surface area contributed by atoms with Crippen molar-refractivity contribution in [1.29, 1.82) is 0 Å². The van der Waals surface area contributed by atoms with Crippen LogP contribution in [0.25, 0.3) is 0 Å². The van der Waals surface area contributed by atoms with Crippen LogP contribution in [0.1, 0.15) is 12.8 Å². The number of hydrogen-bond acceptors (Lipinski definition) is 3. The minimum atomic E-state index is -0.681. The normalized spacial score (nSPS) is 43.6. The van der Waals surface area contributed by atoms with Crippen molar-refractivity contribution in [2.24, 2.45) is 17.8 Å². The molecule has 2 bridgehead atoms. The highest BCUT2D eigenvalue weighted by Gasteiger charge is 2.45. The lowest BCUT2D eigenvalue weighted by Crippen LogP contribution is -2.52. The number of aliphatic hydroxyl groups excluding tert-OH is 1. The van der Waals surface area contributed by atoms with Gasteiger partial charge in [-0.15, -0.1) is 0 Å². The third-order valence-corrected chi connectivity index (χ3v) is 3.54. The Balaban J connectivity index is 2.17. The molecular weight excluding hydrogens is 182 g/mol. The van der Waals surface area contributed by atoms with Crippen molar-refractivity contribution < 1.29 is 15.0 Å². The summed E-state index contributed by atoms with van der Waals surface area (Å²) >= 11 is 0. The Kier molecular flexibility index (Phi) is 2.49. The molecule has 0 amide bonds. The number of aliphatic carboxylic acids is 1. The van der Waals surface area contributed by atoms with Gasteiger partial charge < -0.3 is 15.1 Å². The maximum Gasteiger partial charge on any atom is 0.307 e. The number of aliphatic hydroxyl groups is 1. The van der Waals surface area contributed by atoms with Crippen LogP contribution >= 0.6 is 0 Å². The molecule has 1 heterocycles. The molecule has 2 aliphatic rings. The van der Waals surface area contributed by atoms with Crippen LogP contribution in [0.4, 0.5) is 0 Å². The smallest absolute Gasteiger partial charge is 0.307 e. The van der Waals surface area contributed by atoms with Gasteiger partial charge >= 0.3 is 5.97 Å². The second-order valence-corrected chi connectivity index (χ2v) is 4.73. The summed E-state index contributed by atoms with van der Waals surface area (Å²) in [5, 5.41) is 18.7. The fourth-order valence-electron chi connectivity index (χ4n) is 3.13. The number of nitrogens with zero attached hydrogens (tertiary/aromatic N) is 1.